The fourth-order valence-electron chi connectivity index (χ4n) is 1.30. The summed E-state index contributed by atoms with van der Waals surface area (Å²) in [6, 6.07) is 3.70. The van der Waals surface area contributed by atoms with Crippen LogP contribution < -0.4 is 5.32 Å². The summed E-state index contributed by atoms with van der Waals surface area (Å²) in [7, 11) is 0. The van der Waals surface area contributed by atoms with Crippen LogP contribution >= 0.6 is 15.9 Å². The maximum Gasteiger partial charge on any atom is 0.133 e. The first-order valence-corrected chi connectivity index (χ1v) is 5.60. The van der Waals surface area contributed by atoms with E-state index in [0.717, 1.165) is 21.9 Å². The Hall–Kier alpha value is -1.43. The van der Waals surface area contributed by atoms with E-state index in [1.807, 2.05) is 26.0 Å². The van der Waals surface area contributed by atoms with E-state index in [9.17, 15) is 0 Å². The molecule has 16 heavy (non-hydrogen) atoms. The van der Waals surface area contributed by atoms with Gasteiger partial charge in [0.05, 0.1) is 6.54 Å². The summed E-state index contributed by atoms with van der Waals surface area (Å²) in [5.41, 5.74) is 0.852. The molecular weight excluding hydrogens is 272 g/mol. The van der Waals surface area contributed by atoms with Gasteiger partial charge in [-0.2, -0.15) is 0 Å². The van der Waals surface area contributed by atoms with Gasteiger partial charge in [0, 0.05) is 12.1 Å². The van der Waals surface area contributed by atoms with Crippen molar-refractivity contribution in [3.8, 4) is 0 Å². The molecule has 0 saturated heterocycles. The lowest BCUT2D eigenvalue weighted by Crippen LogP contribution is -2.03. The van der Waals surface area contributed by atoms with E-state index >= 15 is 0 Å². The Bertz CT molecular complexity index is 477. The SMILES string of the molecule is Cc1nc(Br)cc(NCc2cc(C)on2)n1. The summed E-state index contributed by atoms with van der Waals surface area (Å²) in [6.07, 6.45) is 0. The van der Waals surface area contributed by atoms with Gasteiger partial charge in [0.15, 0.2) is 0 Å². The fourth-order valence-corrected chi connectivity index (χ4v) is 1.78. The number of aryl methyl sites for hydroxylation is 2. The van der Waals surface area contributed by atoms with E-state index in [-0.39, 0.29) is 0 Å². The normalized spacial score (nSPS) is 10.4. The highest BCUT2D eigenvalue weighted by molar-refractivity contribution is 9.10. The molecular formula is C10H11BrN4O. The summed E-state index contributed by atoms with van der Waals surface area (Å²) < 4.78 is 5.73. The highest BCUT2D eigenvalue weighted by atomic mass is 79.9. The van der Waals surface area contributed by atoms with Crippen molar-refractivity contribution in [2.75, 3.05) is 5.32 Å². The molecule has 0 spiro atoms. The van der Waals surface area contributed by atoms with Gasteiger partial charge in [-0.1, -0.05) is 5.16 Å². The van der Waals surface area contributed by atoms with E-state index in [4.69, 9.17) is 4.52 Å². The average Bonchev–Trinajstić information content (AvgIpc) is 2.60. The first kappa shape index (κ1) is 11.1. The predicted molar refractivity (Wildman–Crippen MR) is 63.0 cm³/mol. The molecule has 0 bridgehead atoms. The topological polar surface area (TPSA) is 63.8 Å². The van der Waals surface area contributed by atoms with Crippen LogP contribution in [0.4, 0.5) is 5.82 Å². The van der Waals surface area contributed by atoms with Crippen LogP contribution in [0, 0.1) is 13.8 Å². The largest absolute Gasteiger partial charge is 0.364 e. The Morgan fingerprint density at radius 2 is 2.12 bits per heavy atom. The van der Waals surface area contributed by atoms with Gasteiger partial charge in [0.2, 0.25) is 0 Å². The molecule has 84 valence electrons. The van der Waals surface area contributed by atoms with E-state index in [1.54, 1.807) is 0 Å². The third kappa shape index (κ3) is 2.79. The molecule has 6 heteroatoms. The van der Waals surface area contributed by atoms with Crippen molar-refractivity contribution in [3.63, 3.8) is 0 Å². The molecule has 0 aliphatic carbocycles. The zero-order valence-corrected chi connectivity index (χ0v) is 10.6. The summed E-state index contributed by atoms with van der Waals surface area (Å²) in [6.45, 7) is 4.29. The van der Waals surface area contributed by atoms with Gasteiger partial charge in [-0.3, -0.25) is 0 Å². The Labute approximate surface area is 101 Å². The van der Waals surface area contributed by atoms with E-state index in [2.05, 4.69) is 36.4 Å². The number of halogens is 1. The summed E-state index contributed by atoms with van der Waals surface area (Å²) in [5.74, 6) is 2.28. The molecule has 0 fully saturated rings. The van der Waals surface area contributed by atoms with Crippen molar-refractivity contribution in [1.29, 1.82) is 0 Å². The maximum absolute atomic E-state index is 4.97. The van der Waals surface area contributed by atoms with Crippen molar-refractivity contribution in [3.05, 3.63) is 34.0 Å². The van der Waals surface area contributed by atoms with Gasteiger partial charge in [-0.25, -0.2) is 9.97 Å². The molecule has 0 unspecified atom stereocenters. The minimum absolute atomic E-state index is 0.584. The summed E-state index contributed by atoms with van der Waals surface area (Å²) >= 11 is 3.32. The second-order valence-corrected chi connectivity index (χ2v) is 4.22. The summed E-state index contributed by atoms with van der Waals surface area (Å²) in [4.78, 5) is 8.37. The Balaban J connectivity index is 2.04. The number of anilines is 1. The highest BCUT2D eigenvalue weighted by Crippen LogP contribution is 2.13. The van der Waals surface area contributed by atoms with Crippen molar-refractivity contribution in [2.24, 2.45) is 0 Å². The molecule has 0 amide bonds. The molecule has 0 atom stereocenters. The van der Waals surface area contributed by atoms with Gasteiger partial charge in [-0.15, -0.1) is 0 Å². The van der Waals surface area contributed by atoms with Crippen LogP contribution in [-0.2, 0) is 6.54 Å². The predicted octanol–water partition coefficient (Wildman–Crippen LogP) is 2.46. The van der Waals surface area contributed by atoms with Crippen molar-refractivity contribution in [2.45, 2.75) is 20.4 Å². The average molecular weight is 283 g/mol. The Morgan fingerprint density at radius 1 is 1.31 bits per heavy atom. The van der Waals surface area contributed by atoms with Crippen LogP contribution in [0.1, 0.15) is 17.3 Å². The minimum atomic E-state index is 0.584. The lowest BCUT2D eigenvalue weighted by Gasteiger charge is -2.04. The Morgan fingerprint density at radius 3 is 2.75 bits per heavy atom. The molecule has 2 heterocycles. The number of aromatic nitrogens is 3. The molecule has 0 aliphatic rings. The maximum atomic E-state index is 4.97. The van der Waals surface area contributed by atoms with Gasteiger partial charge in [-0.05, 0) is 29.8 Å². The first-order chi connectivity index (χ1) is 7.63. The second-order valence-electron chi connectivity index (χ2n) is 3.41. The number of nitrogens with one attached hydrogen (secondary N) is 1. The Kier molecular flexibility index (Phi) is 3.19. The molecule has 0 radical (unpaired) electrons. The van der Waals surface area contributed by atoms with Crippen molar-refractivity contribution < 1.29 is 4.52 Å². The molecule has 1 N–H and O–H groups in total. The lowest BCUT2D eigenvalue weighted by molar-refractivity contribution is 0.391. The molecule has 0 aliphatic heterocycles. The summed E-state index contributed by atoms with van der Waals surface area (Å²) in [5, 5.41) is 7.04. The number of hydrogen-bond acceptors (Lipinski definition) is 5. The van der Waals surface area contributed by atoms with Crippen LogP contribution in [0.15, 0.2) is 21.3 Å². The molecule has 2 aromatic rings. The molecule has 0 saturated carbocycles. The van der Waals surface area contributed by atoms with Gasteiger partial charge in [0.1, 0.15) is 27.7 Å². The third-order valence-corrected chi connectivity index (χ3v) is 2.34. The fraction of sp³-hybridized carbons (Fsp3) is 0.300. The minimum Gasteiger partial charge on any atom is -0.364 e. The van der Waals surface area contributed by atoms with E-state index in [0.29, 0.717) is 12.4 Å². The molecule has 0 aromatic carbocycles. The lowest BCUT2D eigenvalue weighted by atomic mass is 10.4. The molecule has 5 nitrogen and oxygen atoms in total. The number of rotatable bonds is 3. The second kappa shape index (κ2) is 4.61. The van der Waals surface area contributed by atoms with Gasteiger partial charge < -0.3 is 9.84 Å². The monoisotopic (exact) mass is 282 g/mol. The number of hydrogen-bond donors (Lipinski definition) is 1. The van der Waals surface area contributed by atoms with Crippen LogP contribution in [0.3, 0.4) is 0 Å². The standard InChI is InChI=1S/C10H11BrN4O/c1-6-3-8(15-16-6)5-12-10-4-9(11)13-7(2)14-10/h3-4H,5H2,1-2H3,(H,12,13,14). The zero-order chi connectivity index (χ0) is 11.5. The van der Waals surface area contributed by atoms with Crippen LogP contribution in [-0.4, -0.2) is 15.1 Å². The molecule has 2 rings (SSSR count). The van der Waals surface area contributed by atoms with Crippen LogP contribution in [0.25, 0.3) is 0 Å². The zero-order valence-electron chi connectivity index (χ0n) is 8.99. The van der Waals surface area contributed by atoms with Crippen molar-refractivity contribution >= 4 is 21.7 Å². The third-order valence-electron chi connectivity index (χ3n) is 1.93. The van der Waals surface area contributed by atoms with Gasteiger partial charge in [0.25, 0.3) is 0 Å². The van der Waals surface area contributed by atoms with Gasteiger partial charge >= 0.3 is 0 Å². The molecule has 2 aromatic heterocycles. The first-order valence-electron chi connectivity index (χ1n) is 4.81. The van der Waals surface area contributed by atoms with Crippen LogP contribution in [0.2, 0.25) is 0 Å². The van der Waals surface area contributed by atoms with E-state index in [1.165, 1.54) is 0 Å². The highest BCUT2D eigenvalue weighted by Gasteiger charge is 2.02. The number of nitrogens with zero attached hydrogens (tertiary/aromatic N) is 3. The smallest absolute Gasteiger partial charge is 0.133 e. The quantitative estimate of drug-likeness (QED) is 0.876. The van der Waals surface area contributed by atoms with E-state index < -0.39 is 0 Å². The van der Waals surface area contributed by atoms with Crippen LogP contribution in [0.5, 0.6) is 0 Å². The van der Waals surface area contributed by atoms with Crippen molar-refractivity contribution in [1.82, 2.24) is 15.1 Å².